The Morgan fingerprint density at radius 1 is 1.27 bits per heavy atom. The van der Waals surface area contributed by atoms with Crippen molar-refractivity contribution in [2.45, 2.75) is 30.6 Å². The lowest BCUT2D eigenvalue weighted by Crippen LogP contribution is -2.24. The van der Waals surface area contributed by atoms with Gasteiger partial charge in [0.1, 0.15) is 5.82 Å². The third-order valence-corrected chi connectivity index (χ3v) is 3.34. The van der Waals surface area contributed by atoms with Gasteiger partial charge in [0.15, 0.2) is 5.78 Å². The minimum atomic E-state index is -0.367. The van der Waals surface area contributed by atoms with Crippen LogP contribution >= 0.6 is 11.6 Å². The van der Waals surface area contributed by atoms with E-state index in [0.717, 1.165) is 12.0 Å². The number of benzene rings is 1. The molecule has 1 aromatic carbocycles. The van der Waals surface area contributed by atoms with E-state index in [1.807, 2.05) is 0 Å². The maximum Gasteiger partial charge on any atom is 0.150 e. The molecule has 3 heteroatoms. The molecule has 2 unspecified atom stereocenters. The third-order valence-electron chi connectivity index (χ3n) is 2.92. The Balaban J connectivity index is 2.12. The molecule has 1 aromatic rings. The molecule has 0 N–H and O–H groups in total. The average molecular weight is 227 g/mol. The SMILES string of the molecule is O=C1CCC(c2ccc(F)cc2)CC1Cl. The summed E-state index contributed by atoms with van der Waals surface area (Å²) in [4.78, 5) is 11.2. The number of ketones is 1. The Labute approximate surface area is 93.2 Å². The van der Waals surface area contributed by atoms with Crippen molar-refractivity contribution in [1.82, 2.24) is 0 Å². The molecule has 80 valence electrons. The van der Waals surface area contributed by atoms with Crippen molar-refractivity contribution in [3.63, 3.8) is 0 Å². The van der Waals surface area contributed by atoms with Crippen LogP contribution in [-0.4, -0.2) is 11.2 Å². The highest BCUT2D eigenvalue weighted by Gasteiger charge is 2.27. The summed E-state index contributed by atoms with van der Waals surface area (Å²) in [5.41, 5.74) is 1.08. The van der Waals surface area contributed by atoms with Crippen LogP contribution in [-0.2, 0) is 4.79 Å². The number of carbonyl (C=O) groups is 1. The molecule has 0 spiro atoms. The molecule has 0 radical (unpaired) electrons. The number of rotatable bonds is 1. The van der Waals surface area contributed by atoms with E-state index in [4.69, 9.17) is 11.6 Å². The number of hydrogen-bond donors (Lipinski definition) is 0. The summed E-state index contributed by atoms with van der Waals surface area (Å²) in [6.45, 7) is 0. The van der Waals surface area contributed by atoms with Crippen LogP contribution in [0.2, 0.25) is 0 Å². The second-order valence-electron chi connectivity index (χ2n) is 3.96. The van der Waals surface area contributed by atoms with E-state index >= 15 is 0 Å². The molecule has 15 heavy (non-hydrogen) atoms. The van der Waals surface area contributed by atoms with Crippen LogP contribution in [0.4, 0.5) is 4.39 Å². The van der Waals surface area contributed by atoms with E-state index in [0.29, 0.717) is 18.8 Å². The molecule has 2 rings (SSSR count). The Morgan fingerprint density at radius 3 is 2.53 bits per heavy atom. The highest BCUT2D eigenvalue weighted by atomic mass is 35.5. The van der Waals surface area contributed by atoms with E-state index in [9.17, 15) is 9.18 Å². The van der Waals surface area contributed by atoms with E-state index < -0.39 is 0 Å². The smallest absolute Gasteiger partial charge is 0.150 e. The molecule has 0 bridgehead atoms. The first-order valence-corrected chi connectivity index (χ1v) is 5.52. The topological polar surface area (TPSA) is 17.1 Å². The Hall–Kier alpha value is -0.890. The lowest BCUT2D eigenvalue weighted by molar-refractivity contribution is -0.120. The Morgan fingerprint density at radius 2 is 1.93 bits per heavy atom. The first kappa shape index (κ1) is 10.6. The molecular weight excluding hydrogens is 215 g/mol. The number of carbonyl (C=O) groups excluding carboxylic acids is 1. The third kappa shape index (κ3) is 2.37. The standard InChI is InChI=1S/C12H12ClFO/c13-11-7-9(3-6-12(11)15)8-1-4-10(14)5-2-8/h1-2,4-5,9,11H,3,6-7H2. The molecule has 1 nitrogen and oxygen atoms in total. The van der Waals surface area contributed by atoms with Crippen molar-refractivity contribution in [2.24, 2.45) is 0 Å². The van der Waals surface area contributed by atoms with Crippen molar-refractivity contribution in [2.75, 3.05) is 0 Å². The fourth-order valence-corrected chi connectivity index (χ4v) is 2.33. The quantitative estimate of drug-likeness (QED) is 0.672. The van der Waals surface area contributed by atoms with Gasteiger partial charge in [0, 0.05) is 6.42 Å². The van der Waals surface area contributed by atoms with Crippen molar-refractivity contribution in [1.29, 1.82) is 0 Å². The second kappa shape index (κ2) is 4.31. The van der Waals surface area contributed by atoms with Crippen molar-refractivity contribution in [3.05, 3.63) is 35.6 Å². The van der Waals surface area contributed by atoms with Crippen LogP contribution < -0.4 is 0 Å². The van der Waals surface area contributed by atoms with Gasteiger partial charge in [0.2, 0.25) is 0 Å². The minimum absolute atomic E-state index is 0.134. The molecule has 1 aliphatic rings. The average Bonchev–Trinajstić information content (AvgIpc) is 2.23. The van der Waals surface area contributed by atoms with Crippen LogP contribution in [0.15, 0.2) is 24.3 Å². The Kier molecular flexibility index (Phi) is 3.06. The van der Waals surface area contributed by atoms with Gasteiger partial charge in [0.25, 0.3) is 0 Å². The van der Waals surface area contributed by atoms with Gasteiger partial charge in [-0.15, -0.1) is 11.6 Å². The zero-order valence-electron chi connectivity index (χ0n) is 8.25. The van der Waals surface area contributed by atoms with Gasteiger partial charge < -0.3 is 0 Å². The van der Waals surface area contributed by atoms with E-state index in [-0.39, 0.29) is 17.0 Å². The first-order chi connectivity index (χ1) is 7.16. The molecule has 0 saturated heterocycles. The predicted octanol–water partition coefficient (Wildman–Crippen LogP) is 3.27. The summed E-state index contributed by atoms with van der Waals surface area (Å²) in [7, 11) is 0. The van der Waals surface area contributed by atoms with E-state index in [2.05, 4.69) is 0 Å². The normalized spacial score (nSPS) is 26.7. The molecule has 0 aromatic heterocycles. The molecule has 1 saturated carbocycles. The van der Waals surface area contributed by atoms with Gasteiger partial charge >= 0.3 is 0 Å². The van der Waals surface area contributed by atoms with Crippen LogP contribution in [0.1, 0.15) is 30.7 Å². The maximum atomic E-state index is 12.7. The monoisotopic (exact) mass is 226 g/mol. The molecule has 0 heterocycles. The Bertz CT molecular complexity index is 360. The highest BCUT2D eigenvalue weighted by molar-refractivity contribution is 6.31. The summed E-state index contributed by atoms with van der Waals surface area (Å²) in [5, 5.41) is -0.367. The van der Waals surface area contributed by atoms with Gasteiger partial charge in [-0.3, -0.25) is 4.79 Å². The van der Waals surface area contributed by atoms with Gasteiger partial charge in [-0.05, 0) is 36.5 Å². The van der Waals surface area contributed by atoms with Gasteiger partial charge in [-0.1, -0.05) is 12.1 Å². The van der Waals surface area contributed by atoms with Gasteiger partial charge in [-0.25, -0.2) is 4.39 Å². The van der Waals surface area contributed by atoms with Crippen molar-refractivity contribution < 1.29 is 9.18 Å². The van der Waals surface area contributed by atoms with E-state index in [1.54, 1.807) is 12.1 Å². The lowest BCUT2D eigenvalue weighted by Gasteiger charge is -2.24. The van der Waals surface area contributed by atoms with E-state index in [1.165, 1.54) is 12.1 Å². The lowest BCUT2D eigenvalue weighted by atomic mass is 9.83. The molecule has 2 atom stereocenters. The highest BCUT2D eigenvalue weighted by Crippen LogP contribution is 2.33. The van der Waals surface area contributed by atoms with Crippen LogP contribution in [0.25, 0.3) is 0 Å². The first-order valence-electron chi connectivity index (χ1n) is 5.09. The summed E-state index contributed by atoms with van der Waals surface area (Å²) in [5.74, 6) is 0.203. The zero-order valence-corrected chi connectivity index (χ0v) is 9.01. The molecular formula is C12H12ClFO. The number of hydrogen-bond acceptors (Lipinski definition) is 1. The summed E-state index contributed by atoms with van der Waals surface area (Å²) in [6, 6.07) is 6.46. The fourth-order valence-electron chi connectivity index (χ4n) is 2.01. The van der Waals surface area contributed by atoms with Crippen molar-refractivity contribution in [3.8, 4) is 0 Å². The van der Waals surface area contributed by atoms with Crippen LogP contribution in [0, 0.1) is 5.82 Å². The van der Waals surface area contributed by atoms with Gasteiger partial charge in [0.05, 0.1) is 5.38 Å². The summed E-state index contributed by atoms with van der Waals surface area (Å²) < 4.78 is 12.7. The predicted molar refractivity (Wildman–Crippen MR) is 57.6 cm³/mol. The maximum absolute atomic E-state index is 12.7. The van der Waals surface area contributed by atoms with Crippen LogP contribution in [0.5, 0.6) is 0 Å². The minimum Gasteiger partial charge on any atom is -0.298 e. The van der Waals surface area contributed by atoms with Crippen molar-refractivity contribution >= 4 is 17.4 Å². The number of halogens is 2. The van der Waals surface area contributed by atoms with Gasteiger partial charge in [-0.2, -0.15) is 0 Å². The van der Waals surface area contributed by atoms with Crippen LogP contribution in [0.3, 0.4) is 0 Å². The largest absolute Gasteiger partial charge is 0.298 e. The summed E-state index contributed by atoms with van der Waals surface area (Å²) in [6.07, 6.45) is 2.04. The zero-order chi connectivity index (χ0) is 10.8. The molecule has 0 amide bonds. The second-order valence-corrected chi connectivity index (χ2v) is 4.48. The fraction of sp³-hybridized carbons (Fsp3) is 0.417. The molecule has 1 aliphatic carbocycles. The number of Topliss-reactive ketones (excluding diaryl/α,β-unsaturated/α-hetero) is 1. The summed E-state index contributed by atoms with van der Waals surface area (Å²) >= 11 is 5.92. The molecule has 1 fully saturated rings. The molecule has 0 aliphatic heterocycles. The number of alkyl halides is 1.